The Morgan fingerprint density at radius 2 is 1.27 bits per heavy atom. The molecule has 0 aliphatic carbocycles. The number of methoxy groups -OCH3 is 1. The van der Waals surface area contributed by atoms with Gasteiger partial charge in [-0.3, -0.25) is 19.2 Å². The summed E-state index contributed by atoms with van der Waals surface area (Å²) in [5.41, 5.74) is 13.7. The highest BCUT2D eigenvalue weighted by atomic mass is 16.5. The van der Waals surface area contributed by atoms with E-state index in [-0.39, 0.29) is 24.3 Å². The van der Waals surface area contributed by atoms with E-state index in [1.807, 2.05) is 74.5 Å². The van der Waals surface area contributed by atoms with Crippen molar-refractivity contribution in [3.63, 3.8) is 0 Å². The van der Waals surface area contributed by atoms with Crippen LogP contribution in [0.1, 0.15) is 50.7 Å². The van der Waals surface area contributed by atoms with Crippen molar-refractivity contribution >= 4 is 29.7 Å². The van der Waals surface area contributed by atoms with Crippen LogP contribution in [0.3, 0.4) is 0 Å². The average molecular weight is 723 g/mol. The number of carbonyl (C=O) groups excluding carboxylic acids is 5. The van der Waals surface area contributed by atoms with Crippen molar-refractivity contribution in [2.24, 2.45) is 17.4 Å². The van der Waals surface area contributed by atoms with Gasteiger partial charge in [-0.2, -0.15) is 0 Å². The van der Waals surface area contributed by atoms with Gasteiger partial charge in [0.15, 0.2) is 0 Å². The maximum atomic E-state index is 13.9. The largest absolute Gasteiger partial charge is 0.383 e. The van der Waals surface area contributed by atoms with Crippen LogP contribution in [0.5, 0.6) is 0 Å². The van der Waals surface area contributed by atoms with Gasteiger partial charge in [-0.25, -0.2) is 4.79 Å². The lowest BCUT2D eigenvalue weighted by Crippen LogP contribution is -2.60. The summed E-state index contributed by atoms with van der Waals surface area (Å²) in [4.78, 5) is 70.7. The molecule has 52 heavy (non-hydrogen) atoms. The second-order valence-corrected chi connectivity index (χ2v) is 13.6. The maximum absolute atomic E-state index is 13.9. The van der Waals surface area contributed by atoms with E-state index < -0.39 is 41.9 Å². The number of benzene rings is 2. The van der Waals surface area contributed by atoms with Gasteiger partial charge >= 0.3 is 6.03 Å². The highest BCUT2D eigenvalue weighted by molar-refractivity contribution is 5.95. The van der Waals surface area contributed by atoms with Crippen LogP contribution in [0, 0.1) is 5.92 Å². The maximum Gasteiger partial charge on any atom is 0.317 e. The summed E-state index contributed by atoms with van der Waals surface area (Å²) in [7, 11) is 1.56. The molecule has 8 N–H and O–H groups in total. The molecule has 1 aliphatic rings. The number of unbranched alkanes of at least 4 members (excludes halogenated alkanes) is 1. The first-order valence-corrected chi connectivity index (χ1v) is 18.3. The first-order chi connectivity index (χ1) is 25.0. The molecule has 3 rings (SSSR count). The molecular formula is C38H58N8O6. The number of ether oxygens (including phenoxy) is 1. The van der Waals surface area contributed by atoms with Crippen LogP contribution < -0.4 is 32.7 Å². The van der Waals surface area contributed by atoms with E-state index in [1.165, 1.54) is 0 Å². The molecule has 0 radical (unpaired) electrons. The van der Waals surface area contributed by atoms with Crippen LogP contribution in [0.15, 0.2) is 60.7 Å². The number of piperazine rings is 1. The third kappa shape index (κ3) is 14.2. The number of rotatable bonds is 20. The minimum absolute atomic E-state index is 0.0204. The molecule has 2 aromatic rings. The van der Waals surface area contributed by atoms with E-state index in [0.29, 0.717) is 78.0 Å². The Kier molecular flexibility index (Phi) is 18.1. The normalized spacial score (nSPS) is 15.3. The molecule has 2 aromatic carbocycles. The zero-order chi connectivity index (χ0) is 37.9. The molecular weight excluding hydrogens is 664 g/mol. The summed E-state index contributed by atoms with van der Waals surface area (Å²) in [5, 5.41) is 11.4. The number of carbonyl (C=O) groups is 5. The van der Waals surface area contributed by atoms with Crippen molar-refractivity contribution in [3.05, 3.63) is 71.8 Å². The average Bonchev–Trinajstić information content (AvgIpc) is 3.14. The molecule has 1 aliphatic heterocycles. The van der Waals surface area contributed by atoms with Gasteiger partial charge in [-0.05, 0) is 55.7 Å². The molecule has 1 fully saturated rings. The third-order valence-electron chi connectivity index (χ3n) is 8.91. The van der Waals surface area contributed by atoms with Crippen LogP contribution >= 0.6 is 0 Å². The lowest BCUT2D eigenvalue weighted by atomic mass is 9.99. The number of hydrogen-bond donors (Lipinski definition) is 6. The van der Waals surface area contributed by atoms with Gasteiger partial charge in [0.25, 0.3) is 0 Å². The Morgan fingerprint density at radius 1 is 0.731 bits per heavy atom. The van der Waals surface area contributed by atoms with E-state index in [1.54, 1.807) is 16.9 Å². The summed E-state index contributed by atoms with van der Waals surface area (Å²) < 4.78 is 4.99. The molecule has 0 saturated carbocycles. The Labute approximate surface area is 307 Å². The molecule has 286 valence electrons. The molecule has 4 atom stereocenters. The van der Waals surface area contributed by atoms with Crippen molar-refractivity contribution in [3.8, 4) is 0 Å². The smallest absolute Gasteiger partial charge is 0.317 e. The molecule has 14 heteroatoms. The summed E-state index contributed by atoms with van der Waals surface area (Å²) >= 11 is 0. The Hall–Kier alpha value is -4.53. The third-order valence-corrected chi connectivity index (χ3v) is 8.91. The molecule has 0 bridgehead atoms. The van der Waals surface area contributed by atoms with Crippen molar-refractivity contribution in [2.45, 2.75) is 76.5 Å². The van der Waals surface area contributed by atoms with Gasteiger partial charge in [0.05, 0.1) is 12.6 Å². The molecule has 1 heterocycles. The number of urea groups is 1. The molecule has 0 spiro atoms. The second-order valence-electron chi connectivity index (χ2n) is 13.6. The van der Waals surface area contributed by atoms with E-state index in [0.717, 1.165) is 11.1 Å². The van der Waals surface area contributed by atoms with Gasteiger partial charge < -0.3 is 47.3 Å². The number of hydrogen-bond acceptors (Lipinski definition) is 8. The van der Waals surface area contributed by atoms with E-state index in [4.69, 9.17) is 16.2 Å². The number of nitrogens with zero attached hydrogens (tertiary/aromatic N) is 2. The highest BCUT2D eigenvalue weighted by Crippen LogP contribution is 2.13. The topological polar surface area (TPSA) is 201 Å². The summed E-state index contributed by atoms with van der Waals surface area (Å²) in [6, 6.07) is 14.7. The van der Waals surface area contributed by atoms with Crippen molar-refractivity contribution < 1.29 is 28.7 Å². The van der Waals surface area contributed by atoms with Crippen LogP contribution in [-0.4, -0.2) is 117 Å². The molecule has 6 amide bonds. The standard InChI is InChI=1S/C38H58N8O6/c1-27(2)24-32(35(48)42-31(16-10-11-17-39)37(50)45-19-21-46(22-20-45)38(51)41-18-23-52-3)44-36(49)33(26-29-14-8-5-9-15-29)43-34(47)30(40)25-28-12-6-4-7-13-28/h4-9,12-15,27,30-33H,10-11,16-26,39-40H2,1-3H3,(H,41,51)(H,42,48)(H,43,47)(H,44,49)/t30-,31-,32-,33-/m1/s1. The van der Waals surface area contributed by atoms with Gasteiger partial charge in [-0.1, -0.05) is 74.5 Å². The summed E-state index contributed by atoms with van der Waals surface area (Å²) in [6.45, 7) is 6.45. The number of nitrogens with two attached hydrogens (primary N) is 2. The predicted octanol–water partition coefficient (Wildman–Crippen LogP) is 0.929. The van der Waals surface area contributed by atoms with Crippen molar-refractivity contribution in [1.29, 1.82) is 0 Å². The molecule has 0 unspecified atom stereocenters. The zero-order valence-corrected chi connectivity index (χ0v) is 30.9. The Balaban J connectivity index is 1.72. The molecule has 14 nitrogen and oxygen atoms in total. The van der Waals surface area contributed by atoms with Crippen LogP contribution in [0.2, 0.25) is 0 Å². The Morgan fingerprint density at radius 3 is 1.85 bits per heavy atom. The zero-order valence-electron chi connectivity index (χ0n) is 30.9. The minimum atomic E-state index is -1.01. The van der Waals surface area contributed by atoms with Gasteiger partial charge in [0, 0.05) is 46.3 Å². The highest BCUT2D eigenvalue weighted by Gasteiger charge is 2.33. The number of nitrogens with one attached hydrogen (secondary N) is 4. The first kappa shape index (κ1) is 41.9. The van der Waals surface area contributed by atoms with Crippen molar-refractivity contribution in [1.82, 2.24) is 31.1 Å². The van der Waals surface area contributed by atoms with Crippen LogP contribution in [0.25, 0.3) is 0 Å². The summed E-state index contributed by atoms with van der Waals surface area (Å²) in [5.74, 6) is -1.73. The lowest BCUT2D eigenvalue weighted by molar-refractivity contribution is -0.139. The lowest BCUT2D eigenvalue weighted by Gasteiger charge is -2.37. The van der Waals surface area contributed by atoms with E-state index in [9.17, 15) is 24.0 Å². The minimum Gasteiger partial charge on any atom is -0.383 e. The van der Waals surface area contributed by atoms with Gasteiger partial charge in [0.2, 0.25) is 23.6 Å². The fourth-order valence-electron chi connectivity index (χ4n) is 6.02. The quantitative estimate of drug-likeness (QED) is 0.108. The van der Waals surface area contributed by atoms with E-state index >= 15 is 0 Å². The first-order valence-electron chi connectivity index (χ1n) is 18.3. The SMILES string of the molecule is COCCNC(=O)N1CCN(C(=O)[C@@H](CCCCN)NC(=O)[C@@H](CC(C)C)NC(=O)[C@@H](Cc2ccccc2)NC(=O)[C@H](N)Cc2ccccc2)CC1. The van der Waals surface area contributed by atoms with E-state index in [2.05, 4.69) is 21.3 Å². The van der Waals surface area contributed by atoms with Gasteiger partial charge in [-0.15, -0.1) is 0 Å². The molecule has 0 aromatic heterocycles. The number of amides is 6. The van der Waals surface area contributed by atoms with Crippen molar-refractivity contribution in [2.75, 3.05) is 53.0 Å². The summed E-state index contributed by atoms with van der Waals surface area (Å²) in [6.07, 6.45) is 2.44. The monoisotopic (exact) mass is 722 g/mol. The Bertz CT molecular complexity index is 1400. The molecule has 1 saturated heterocycles. The fourth-order valence-corrected chi connectivity index (χ4v) is 6.02. The van der Waals surface area contributed by atoms with Gasteiger partial charge in [0.1, 0.15) is 18.1 Å². The second kappa shape index (κ2) is 22.4. The fraction of sp³-hybridized carbons (Fsp3) is 0.553. The van der Waals surface area contributed by atoms with Crippen LogP contribution in [-0.2, 0) is 36.8 Å². The predicted molar refractivity (Wildman–Crippen MR) is 200 cm³/mol. The van der Waals surface area contributed by atoms with Crippen LogP contribution in [0.4, 0.5) is 4.79 Å².